The van der Waals surface area contributed by atoms with E-state index in [-0.39, 0.29) is 34.9 Å². The van der Waals surface area contributed by atoms with Crippen LogP contribution in [0.4, 0.5) is 19.0 Å². The Bertz CT molecular complexity index is 1220. The Hall–Kier alpha value is -4.42. The summed E-state index contributed by atoms with van der Waals surface area (Å²) in [6, 6.07) is 10.1. The molecule has 1 atom stereocenters. The van der Waals surface area contributed by atoms with E-state index < -0.39 is 24.7 Å². The highest BCUT2D eigenvalue weighted by molar-refractivity contribution is 5.92. The third-order valence-corrected chi connectivity index (χ3v) is 4.80. The lowest BCUT2D eigenvalue weighted by Crippen LogP contribution is -2.30. The van der Waals surface area contributed by atoms with Gasteiger partial charge in [-0.25, -0.2) is 15.0 Å². The second-order valence-electron chi connectivity index (χ2n) is 7.47. The van der Waals surface area contributed by atoms with E-state index in [0.29, 0.717) is 24.3 Å². The van der Waals surface area contributed by atoms with Gasteiger partial charge < -0.3 is 25.8 Å². The van der Waals surface area contributed by atoms with Crippen molar-refractivity contribution in [2.45, 2.75) is 18.6 Å². The summed E-state index contributed by atoms with van der Waals surface area (Å²) >= 11 is 0. The maximum absolute atomic E-state index is 12.2. The van der Waals surface area contributed by atoms with Gasteiger partial charge in [-0.3, -0.25) is 9.59 Å². The Labute approximate surface area is 196 Å². The minimum Gasteiger partial charge on any atom is -0.483 e. The van der Waals surface area contributed by atoms with Crippen molar-refractivity contribution in [3.05, 3.63) is 54.4 Å². The molecule has 13 heteroatoms. The first kappa shape index (κ1) is 23.7. The Morgan fingerprint density at radius 2 is 1.89 bits per heavy atom. The molecule has 182 valence electrons. The van der Waals surface area contributed by atoms with Gasteiger partial charge in [-0.2, -0.15) is 13.2 Å². The Balaban J connectivity index is 1.47. The average molecular weight is 488 g/mol. The van der Waals surface area contributed by atoms with Crippen molar-refractivity contribution in [1.29, 1.82) is 0 Å². The molecule has 0 aliphatic carbocycles. The van der Waals surface area contributed by atoms with Gasteiger partial charge in [0.05, 0.1) is 6.20 Å². The largest absolute Gasteiger partial charge is 0.483 e. The summed E-state index contributed by atoms with van der Waals surface area (Å²) in [6.45, 7) is -0.878. The molecular formula is C22H19F3N6O4. The number of hydrogen-bond donors (Lipinski definition) is 3. The molecular weight excluding hydrogens is 469 g/mol. The fourth-order valence-electron chi connectivity index (χ4n) is 3.16. The molecule has 0 radical (unpaired) electrons. The van der Waals surface area contributed by atoms with Gasteiger partial charge >= 0.3 is 6.18 Å². The molecule has 10 nitrogen and oxygen atoms in total. The van der Waals surface area contributed by atoms with E-state index >= 15 is 0 Å². The number of hydrogen-bond acceptors (Lipinski definition) is 8. The Kier molecular flexibility index (Phi) is 6.66. The molecule has 0 spiro atoms. The fraction of sp³-hybridized carbons (Fsp3) is 0.227. The van der Waals surface area contributed by atoms with Crippen LogP contribution in [0.25, 0.3) is 11.4 Å². The molecule has 1 saturated heterocycles. The molecule has 0 bridgehead atoms. The van der Waals surface area contributed by atoms with Crippen molar-refractivity contribution in [3.8, 4) is 28.8 Å². The van der Waals surface area contributed by atoms with Crippen molar-refractivity contribution in [2.24, 2.45) is 5.73 Å². The second-order valence-corrected chi connectivity index (χ2v) is 7.47. The molecule has 3 aromatic rings. The number of carbonyl (C=O) groups is 2. The zero-order chi connectivity index (χ0) is 25.0. The second kappa shape index (κ2) is 9.83. The van der Waals surface area contributed by atoms with Gasteiger partial charge in [0.25, 0.3) is 5.91 Å². The SMILES string of the molecule is NC(=O)c1cc(NC2CCNC2=O)nc(-c2ccc(Oc3ccc(OCC(F)(F)F)cn3)cc2)n1. The maximum atomic E-state index is 12.2. The van der Waals surface area contributed by atoms with Gasteiger partial charge in [0.15, 0.2) is 12.4 Å². The number of ether oxygens (including phenoxy) is 2. The van der Waals surface area contributed by atoms with Crippen LogP contribution >= 0.6 is 0 Å². The number of nitrogens with one attached hydrogen (secondary N) is 2. The summed E-state index contributed by atoms with van der Waals surface area (Å²) in [5.74, 6) is 0.0574. The lowest BCUT2D eigenvalue weighted by Gasteiger charge is -2.13. The molecule has 35 heavy (non-hydrogen) atoms. The summed E-state index contributed by atoms with van der Waals surface area (Å²) in [4.78, 5) is 36.1. The summed E-state index contributed by atoms with van der Waals surface area (Å²) in [7, 11) is 0. The number of aromatic nitrogens is 3. The van der Waals surface area contributed by atoms with Crippen molar-refractivity contribution in [3.63, 3.8) is 0 Å². The highest BCUT2D eigenvalue weighted by atomic mass is 19.4. The molecule has 0 saturated carbocycles. The fourth-order valence-corrected chi connectivity index (χ4v) is 3.16. The summed E-state index contributed by atoms with van der Waals surface area (Å²) in [5.41, 5.74) is 5.92. The van der Waals surface area contributed by atoms with E-state index in [2.05, 4.69) is 30.3 Å². The van der Waals surface area contributed by atoms with E-state index in [1.165, 1.54) is 18.2 Å². The van der Waals surface area contributed by atoms with Gasteiger partial charge in [-0.05, 0) is 36.8 Å². The van der Waals surface area contributed by atoms with E-state index in [1.54, 1.807) is 24.3 Å². The van der Waals surface area contributed by atoms with E-state index in [9.17, 15) is 22.8 Å². The van der Waals surface area contributed by atoms with Crippen LogP contribution in [0.2, 0.25) is 0 Å². The predicted molar refractivity (Wildman–Crippen MR) is 117 cm³/mol. The van der Waals surface area contributed by atoms with Crippen molar-refractivity contribution >= 4 is 17.6 Å². The van der Waals surface area contributed by atoms with Crippen LogP contribution in [-0.4, -0.2) is 52.1 Å². The zero-order valence-corrected chi connectivity index (χ0v) is 18.0. The first-order chi connectivity index (χ1) is 16.7. The summed E-state index contributed by atoms with van der Waals surface area (Å²) in [5, 5.41) is 5.69. The zero-order valence-electron chi connectivity index (χ0n) is 18.0. The Morgan fingerprint density at radius 3 is 2.49 bits per heavy atom. The van der Waals surface area contributed by atoms with Crippen molar-refractivity contribution in [2.75, 3.05) is 18.5 Å². The minimum absolute atomic E-state index is 0.0201. The van der Waals surface area contributed by atoms with Crippen LogP contribution < -0.4 is 25.8 Å². The van der Waals surface area contributed by atoms with Crippen LogP contribution in [0.3, 0.4) is 0 Å². The number of halogens is 3. The van der Waals surface area contributed by atoms with Crippen LogP contribution in [0.15, 0.2) is 48.7 Å². The quantitative estimate of drug-likeness (QED) is 0.440. The lowest BCUT2D eigenvalue weighted by atomic mass is 10.2. The average Bonchev–Trinajstić information content (AvgIpc) is 3.22. The highest BCUT2D eigenvalue weighted by Crippen LogP contribution is 2.26. The molecule has 1 aliphatic rings. The highest BCUT2D eigenvalue weighted by Gasteiger charge is 2.28. The predicted octanol–water partition coefficient (Wildman–Crippen LogP) is 2.67. The van der Waals surface area contributed by atoms with Crippen LogP contribution in [-0.2, 0) is 4.79 Å². The normalized spacial score (nSPS) is 15.4. The molecule has 2 amide bonds. The van der Waals surface area contributed by atoms with Gasteiger partial charge in [0.2, 0.25) is 11.8 Å². The number of alkyl halides is 3. The van der Waals surface area contributed by atoms with Crippen LogP contribution in [0, 0.1) is 0 Å². The molecule has 4 N–H and O–H groups in total. The number of amides is 2. The monoisotopic (exact) mass is 488 g/mol. The van der Waals surface area contributed by atoms with E-state index in [4.69, 9.17) is 10.5 Å². The number of nitrogens with zero attached hydrogens (tertiary/aromatic N) is 3. The number of anilines is 1. The summed E-state index contributed by atoms with van der Waals surface area (Å²) in [6.07, 6.45) is -2.75. The summed E-state index contributed by atoms with van der Waals surface area (Å²) < 4.78 is 46.9. The van der Waals surface area contributed by atoms with Crippen LogP contribution in [0.1, 0.15) is 16.9 Å². The van der Waals surface area contributed by atoms with E-state index in [0.717, 1.165) is 6.20 Å². The lowest BCUT2D eigenvalue weighted by molar-refractivity contribution is -0.153. The smallest absolute Gasteiger partial charge is 0.422 e. The molecule has 3 heterocycles. The van der Waals surface area contributed by atoms with Crippen molar-refractivity contribution < 1.29 is 32.2 Å². The van der Waals surface area contributed by atoms with Gasteiger partial charge in [0, 0.05) is 24.2 Å². The number of rotatable bonds is 8. The van der Waals surface area contributed by atoms with Gasteiger partial charge in [-0.1, -0.05) is 0 Å². The molecule has 1 aromatic carbocycles. The number of nitrogens with two attached hydrogens (primary N) is 1. The van der Waals surface area contributed by atoms with Crippen LogP contribution in [0.5, 0.6) is 17.4 Å². The first-order valence-electron chi connectivity index (χ1n) is 10.3. The Morgan fingerprint density at radius 1 is 1.14 bits per heavy atom. The number of primary amides is 1. The van der Waals surface area contributed by atoms with Gasteiger partial charge in [-0.15, -0.1) is 0 Å². The molecule has 1 aliphatic heterocycles. The maximum Gasteiger partial charge on any atom is 0.422 e. The number of pyridine rings is 1. The molecule has 2 aromatic heterocycles. The van der Waals surface area contributed by atoms with Crippen molar-refractivity contribution in [1.82, 2.24) is 20.3 Å². The number of benzene rings is 1. The number of carbonyl (C=O) groups excluding carboxylic acids is 2. The van der Waals surface area contributed by atoms with Gasteiger partial charge in [0.1, 0.15) is 29.1 Å². The molecule has 1 unspecified atom stereocenters. The first-order valence-corrected chi connectivity index (χ1v) is 10.3. The minimum atomic E-state index is -4.44. The standard InChI is InChI=1S/C22H19F3N6O4/c23-22(24,25)11-34-14-5-6-18(28-10-14)35-13-3-1-12(2-4-13)20-30-16(19(26)32)9-17(31-20)29-15-7-8-27-21(15)33/h1-6,9-10,15H,7-8,11H2,(H2,26,32)(H,27,33)(H,29,30,31). The third-order valence-electron chi connectivity index (χ3n) is 4.80. The topological polar surface area (TPSA) is 141 Å². The molecule has 4 rings (SSSR count). The van der Waals surface area contributed by atoms with E-state index in [1.807, 2.05) is 0 Å². The molecule has 1 fully saturated rings. The third kappa shape index (κ3) is 6.34.